The lowest BCUT2D eigenvalue weighted by molar-refractivity contribution is -0.137. The van der Waals surface area contributed by atoms with Gasteiger partial charge in [0.1, 0.15) is 0 Å². The average Bonchev–Trinajstić information content (AvgIpc) is 2.70. The minimum atomic E-state index is -4.90. The maximum Gasteiger partial charge on any atom is 0.283 e. The molecule has 0 heterocycles. The molecule has 1 aliphatic carbocycles. The minimum Gasteiger partial charge on any atom is -0.293 e. The highest BCUT2D eigenvalue weighted by Crippen LogP contribution is 2.20. The fourth-order valence-corrected chi connectivity index (χ4v) is 4.79. The first-order chi connectivity index (χ1) is 14.8. The van der Waals surface area contributed by atoms with E-state index in [1.807, 2.05) is 0 Å². The fraction of sp³-hybridized carbons (Fsp3) is 0.792. The van der Waals surface area contributed by atoms with E-state index in [-0.39, 0.29) is 12.0 Å². The lowest BCUT2D eigenvalue weighted by Crippen LogP contribution is -2.44. The van der Waals surface area contributed by atoms with Crippen LogP contribution < -0.4 is 0 Å². The molecule has 0 aliphatic heterocycles. The molecule has 0 fully saturated rings. The number of hydrogen-bond acceptors (Lipinski definition) is 5. The normalized spacial score (nSPS) is 17.3. The van der Waals surface area contributed by atoms with Crippen LogP contribution in [-0.2, 0) is 24.5 Å². The molecule has 178 valence electrons. The Kier molecular flexibility index (Phi) is 13.8. The third kappa shape index (κ3) is 11.2. The number of rotatable bonds is 18. The van der Waals surface area contributed by atoms with Crippen molar-refractivity contribution in [1.29, 1.82) is 0 Å². The maximum absolute atomic E-state index is 12.0. The Morgan fingerprint density at radius 1 is 0.710 bits per heavy atom. The summed E-state index contributed by atoms with van der Waals surface area (Å²) in [5.74, 6) is -3.34. The molecule has 0 bridgehead atoms. The van der Waals surface area contributed by atoms with Crippen LogP contribution in [0.5, 0.6) is 0 Å². The second-order valence-corrected chi connectivity index (χ2v) is 10.2. The van der Waals surface area contributed by atoms with E-state index in [1.54, 1.807) is 0 Å². The molecule has 0 saturated heterocycles. The molecule has 1 unspecified atom stereocenters. The van der Waals surface area contributed by atoms with E-state index in [0.29, 0.717) is 6.42 Å². The number of carbonyl (C=O) groups excluding carboxylic acids is 3. The zero-order valence-electron chi connectivity index (χ0n) is 19.1. The first kappa shape index (κ1) is 27.7. The van der Waals surface area contributed by atoms with E-state index < -0.39 is 32.7 Å². The van der Waals surface area contributed by atoms with Crippen molar-refractivity contribution in [1.82, 2.24) is 0 Å². The van der Waals surface area contributed by atoms with Gasteiger partial charge in [-0.1, -0.05) is 103 Å². The number of unbranched alkanes of at least 4 members (excludes halogenated alkanes) is 15. The van der Waals surface area contributed by atoms with Gasteiger partial charge in [-0.2, -0.15) is 8.42 Å². The van der Waals surface area contributed by atoms with E-state index in [9.17, 15) is 22.8 Å². The van der Waals surface area contributed by atoms with Crippen LogP contribution in [0.15, 0.2) is 11.6 Å². The van der Waals surface area contributed by atoms with Gasteiger partial charge in [0.2, 0.25) is 16.8 Å². The molecule has 1 aliphatic rings. The van der Waals surface area contributed by atoms with Crippen LogP contribution in [0.25, 0.3) is 0 Å². The SMILES string of the molecule is CCCCCCCCCCCCCCCCCCC1=CC(=O)C(S(=O)(=O)O)C(=O)C1=O. The summed E-state index contributed by atoms with van der Waals surface area (Å²) in [4.78, 5) is 35.6. The molecule has 0 saturated carbocycles. The number of Topliss-reactive ketones (excluding diaryl/α,β-unsaturated/α-hetero) is 2. The number of carbonyl (C=O) groups is 3. The molecule has 31 heavy (non-hydrogen) atoms. The summed E-state index contributed by atoms with van der Waals surface area (Å²) in [5, 5.41) is -2.28. The van der Waals surface area contributed by atoms with Crippen LogP contribution in [-0.4, -0.2) is 35.6 Å². The van der Waals surface area contributed by atoms with E-state index in [2.05, 4.69) is 6.92 Å². The van der Waals surface area contributed by atoms with Crippen LogP contribution in [0.1, 0.15) is 116 Å². The van der Waals surface area contributed by atoms with Gasteiger partial charge in [0.05, 0.1) is 0 Å². The maximum atomic E-state index is 12.0. The lowest BCUT2D eigenvalue weighted by Gasteiger charge is -2.16. The topological polar surface area (TPSA) is 106 Å². The summed E-state index contributed by atoms with van der Waals surface area (Å²) in [7, 11) is -4.90. The van der Waals surface area contributed by atoms with Crippen molar-refractivity contribution in [3.05, 3.63) is 11.6 Å². The van der Waals surface area contributed by atoms with Gasteiger partial charge < -0.3 is 0 Å². The number of allylic oxidation sites excluding steroid dienone is 2. The fourth-order valence-electron chi connectivity index (χ4n) is 4.05. The zero-order chi connectivity index (χ0) is 23.1. The van der Waals surface area contributed by atoms with Crippen LogP contribution in [0.2, 0.25) is 0 Å². The predicted molar refractivity (Wildman–Crippen MR) is 123 cm³/mol. The summed E-state index contributed by atoms with van der Waals surface area (Å²) < 4.78 is 31.2. The second kappa shape index (κ2) is 15.5. The Morgan fingerprint density at radius 2 is 1.10 bits per heavy atom. The molecule has 1 atom stereocenters. The molecule has 1 rings (SSSR count). The molecule has 6 nitrogen and oxygen atoms in total. The van der Waals surface area contributed by atoms with Gasteiger partial charge in [0.25, 0.3) is 10.1 Å². The molecule has 0 amide bonds. The van der Waals surface area contributed by atoms with Crippen LogP contribution >= 0.6 is 0 Å². The molecule has 0 aromatic carbocycles. The standard InChI is InChI=1S/C24H40O6S/c1-2-3-4-5-6-7-8-9-10-11-12-13-14-15-16-17-18-20-19-21(25)24(31(28,29)30)23(27)22(20)26/h19,24H,2-18H2,1H3,(H,28,29,30). The summed E-state index contributed by atoms with van der Waals surface area (Å²) in [6.45, 7) is 2.25. The van der Waals surface area contributed by atoms with E-state index in [4.69, 9.17) is 4.55 Å². The smallest absolute Gasteiger partial charge is 0.283 e. The van der Waals surface area contributed by atoms with Crippen LogP contribution in [0.4, 0.5) is 0 Å². The summed E-state index contributed by atoms with van der Waals surface area (Å²) in [5.41, 5.74) is 0.0558. The molecule has 0 spiro atoms. The quantitative estimate of drug-likeness (QED) is 0.126. The van der Waals surface area contributed by atoms with Crippen LogP contribution in [0, 0.1) is 0 Å². The van der Waals surface area contributed by atoms with Crippen molar-refractivity contribution in [2.24, 2.45) is 0 Å². The van der Waals surface area contributed by atoms with E-state index >= 15 is 0 Å². The van der Waals surface area contributed by atoms with Crippen molar-refractivity contribution in [3.8, 4) is 0 Å². The highest BCUT2D eigenvalue weighted by Gasteiger charge is 2.44. The highest BCUT2D eigenvalue weighted by atomic mass is 32.2. The highest BCUT2D eigenvalue weighted by molar-refractivity contribution is 7.88. The average molecular weight is 457 g/mol. The Bertz CT molecular complexity index is 708. The van der Waals surface area contributed by atoms with Crippen LogP contribution in [0.3, 0.4) is 0 Å². The third-order valence-corrected chi connectivity index (χ3v) is 6.97. The van der Waals surface area contributed by atoms with Gasteiger partial charge in [-0.3, -0.25) is 18.9 Å². The third-order valence-electron chi connectivity index (χ3n) is 5.93. The van der Waals surface area contributed by atoms with Crippen molar-refractivity contribution in [2.75, 3.05) is 0 Å². The molecule has 0 aromatic heterocycles. The largest absolute Gasteiger partial charge is 0.293 e. The predicted octanol–water partition coefficient (Wildman–Crippen LogP) is 5.54. The Hall–Kier alpha value is -1.34. The Labute approximate surface area is 188 Å². The first-order valence-corrected chi connectivity index (χ1v) is 13.6. The van der Waals surface area contributed by atoms with Crippen molar-refractivity contribution in [3.63, 3.8) is 0 Å². The Morgan fingerprint density at radius 3 is 1.48 bits per heavy atom. The molecule has 7 heteroatoms. The lowest BCUT2D eigenvalue weighted by atomic mass is 9.91. The zero-order valence-corrected chi connectivity index (χ0v) is 19.9. The molecular weight excluding hydrogens is 416 g/mol. The summed E-state index contributed by atoms with van der Waals surface area (Å²) >= 11 is 0. The summed E-state index contributed by atoms with van der Waals surface area (Å²) in [6, 6.07) is 0. The van der Waals surface area contributed by atoms with Gasteiger partial charge >= 0.3 is 0 Å². The minimum absolute atomic E-state index is 0.0558. The van der Waals surface area contributed by atoms with Crippen molar-refractivity contribution < 1.29 is 27.4 Å². The second-order valence-electron chi connectivity index (χ2n) is 8.71. The molecule has 1 N–H and O–H groups in total. The monoisotopic (exact) mass is 456 g/mol. The van der Waals surface area contributed by atoms with E-state index in [0.717, 1.165) is 25.3 Å². The summed E-state index contributed by atoms with van der Waals surface area (Å²) in [6.07, 6.45) is 20.9. The van der Waals surface area contributed by atoms with Crippen molar-refractivity contribution in [2.45, 2.75) is 121 Å². The van der Waals surface area contributed by atoms with Gasteiger partial charge in [0.15, 0.2) is 5.78 Å². The van der Waals surface area contributed by atoms with Gasteiger partial charge in [0, 0.05) is 5.57 Å². The van der Waals surface area contributed by atoms with Gasteiger partial charge in [-0.25, -0.2) is 0 Å². The first-order valence-electron chi connectivity index (χ1n) is 12.1. The molecule has 0 radical (unpaired) electrons. The molecule has 0 aromatic rings. The Balaban J connectivity index is 2.03. The molecular formula is C24H40O6S. The van der Waals surface area contributed by atoms with Crippen molar-refractivity contribution >= 4 is 27.5 Å². The number of ketones is 3. The van der Waals surface area contributed by atoms with Gasteiger partial charge in [-0.05, 0) is 18.9 Å². The van der Waals surface area contributed by atoms with Gasteiger partial charge in [-0.15, -0.1) is 0 Å². The number of hydrogen-bond donors (Lipinski definition) is 1. The van der Waals surface area contributed by atoms with E-state index in [1.165, 1.54) is 77.0 Å².